The number of nitrogens with one attached hydrogen (secondary N) is 2. The smallest absolute Gasteiger partial charge is 0.226 e. The van der Waals surface area contributed by atoms with E-state index in [-0.39, 0.29) is 17.5 Å². The number of allylic oxidation sites excluding steroid dienone is 1. The highest BCUT2D eigenvalue weighted by atomic mass is 32.1. The van der Waals surface area contributed by atoms with E-state index in [1.165, 1.54) is 34.4 Å². The monoisotopic (exact) mass is 416 g/mol. The average Bonchev–Trinajstić information content (AvgIpc) is 3.05. The van der Waals surface area contributed by atoms with Crippen LogP contribution in [-0.4, -0.2) is 16.8 Å². The van der Waals surface area contributed by atoms with Crippen molar-refractivity contribution in [1.29, 1.82) is 0 Å². The van der Waals surface area contributed by atoms with Crippen molar-refractivity contribution in [2.45, 2.75) is 45.4 Å². The van der Waals surface area contributed by atoms with Gasteiger partial charge in [0, 0.05) is 17.7 Å². The molecule has 1 aliphatic rings. The molecular formula is C21H25FN4O2S. The number of anilines is 3. The van der Waals surface area contributed by atoms with E-state index < -0.39 is 5.82 Å². The Balaban J connectivity index is 1.33. The van der Waals surface area contributed by atoms with Gasteiger partial charge in [-0.15, -0.1) is 11.3 Å². The van der Waals surface area contributed by atoms with Crippen LogP contribution in [0, 0.1) is 11.7 Å². The molecule has 1 aliphatic carbocycles. The van der Waals surface area contributed by atoms with E-state index >= 15 is 0 Å². The second-order valence-corrected chi connectivity index (χ2v) is 8.34. The summed E-state index contributed by atoms with van der Waals surface area (Å²) in [5.74, 6) is -0.175. The Labute approximate surface area is 173 Å². The fourth-order valence-electron chi connectivity index (χ4n) is 3.10. The lowest BCUT2D eigenvalue weighted by molar-refractivity contribution is -0.116. The largest absolute Gasteiger partial charge is 0.397 e. The number of nitrogens with zero attached hydrogens (tertiary/aromatic N) is 1. The number of hydrogen-bond acceptors (Lipinski definition) is 5. The van der Waals surface area contributed by atoms with Crippen molar-refractivity contribution >= 4 is 45.7 Å². The third kappa shape index (κ3) is 6.12. The Bertz CT molecular complexity index is 925. The molecule has 0 saturated carbocycles. The molecular weight excluding hydrogens is 391 g/mol. The van der Waals surface area contributed by atoms with E-state index in [2.05, 4.69) is 28.6 Å². The lowest BCUT2D eigenvalue weighted by atomic mass is 10.0. The molecule has 29 heavy (non-hydrogen) atoms. The van der Waals surface area contributed by atoms with Crippen LogP contribution < -0.4 is 16.4 Å². The van der Waals surface area contributed by atoms with Crippen LogP contribution in [0.2, 0.25) is 0 Å². The average molecular weight is 417 g/mol. The van der Waals surface area contributed by atoms with Gasteiger partial charge in [0.2, 0.25) is 11.8 Å². The Morgan fingerprint density at radius 3 is 2.66 bits per heavy atom. The molecule has 154 valence electrons. The number of amides is 2. The molecule has 6 nitrogen and oxygen atoms in total. The number of unbranched alkanes of at least 4 members (excludes halogenated alkanes) is 2. The molecule has 1 aromatic heterocycles. The first-order valence-electron chi connectivity index (χ1n) is 9.73. The zero-order valence-corrected chi connectivity index (χ0v) is 17.2. The molecule has 1 atom stereocenters. The van der Waals surface area contributed by atoms with Crippen molar-refractivity contribution in [2.24, 2.45) is 5.92 Å². The first-order valence-corrected chi connectivity index (χ1v) is 10.5. The number of fused-ring (bicyclic) bond motifs is 1. The van der Waals surface area contributed by atoms with Gasteiger partial charge in [0.05, 0.1) is 17.1 Å². The Morgan fingerprint density at radius 2 is 1.93 bits per heavy atom. The van der Waals surface area contributed by atoms with Crippen molar-refractivity contribution < 1.29 is 14.0 Å². The predicted octanol–water partition coefficient (Wildman–Crippen LogP) is 4.60. The van der Waals surface area contributed by atoms with Gasteiger partial charge < -0.3 is 16.4 Å². The lowest BCUT2D eigenvalue weighted by Gasteiger charge is -2.08. The van der Waals surface area contributed by atoms with Gasteiger partial charge in [-0.1, -0.05) is 19.4 Å². The molecule has 0 spiro atoms. The molecule has 8 heteroatoms. The molecule has 2 amide bonds. The molecule has 0 bridgehead atoms. The molecule has 0 radical (unpaired) electrons. The number of aromatic nitrogens is 1. The molecule has 1 unspecified atom stereocenters. The summed E-state index contributed by atoms with van der Waals surface area (Å²) in [6, 6.07) is 3.87. The topological polar surface area (TPSA) is 97.1 Å². The van der Waals surface area contributed by atoms with E-state index in [9.17, 15) is 14.0 Å². The predicted molar refractivity (Wildman–Crippen MR) is 115 cm³/mol. The highest BCUT2D eigenvalue weighted by Gasteiger charge is 2.16. The van der Waals surface area contributed by atoms with Gasteiger partial charge >= 0.3 is 0 Å². The van der Waals surface area contributed by atoms with E-state index in [0.29, 0.717) is 42.4 Å². The maximum absolute atomic E-state index is 13.0. The quantitative estimate of drug-likeness (QED) is 0.433. The standard InChI is InChI=1S/C21H25FN4O2S/c1-13-7-9-17-18(11-13)29-21(25-17)26-20(28)6-4-2-3-5-19(27)24-16-10-8-14(22)12-15(16)23/h7-10,12-13H,2-6,11,23H2,1H3,(H,24,27)(H,25,26,28). The Hall–Kier alpha value is -2.74. The summed E-state index contributed by atoms with van der Waals surface area (Å²) in [7, 11) is 0. The second kappa shape index (κ2) is 9.65. The summed E-state index contributed by atoms with van der Waals surface area (Å²) >= 11 is 1.54. The summed E-state index contributed by atoms with van der Waals surface area (Å²) in [5, 5.41) is 6.19. The third-order valence-corrected chi connectivity index (χ3v) is 5.67. The van der Waals surface area contributed by atoms with Gasteiger partial charge in [-0.25, -0.2) is 9.37 Å². The van der Waals surface area contributed by atoms with Gasteiger partial charge in [0.25, 0.3) is 0 Å². The number of hydrogen-bond donors (Lipinski definition) is 3. The number of halogens is 1. The summed E-state index contributed by atoms with van der Waals surface area (Å²) < 4.78 is 13.0. The first kappa shape index (κ1) is 21.0. The minimum absolute atomic E-state index is 0.0586. The number of rotatable bonds is 8. The molecule has 3 rings (SSSR count). The third-order valence-electron chi connectivity index (χ3n) is 4.66. The van der Waals surface area contributed by atoms with Gasteiger partial charge in [0.15, 0.2) is 5.13 Å². The Morgan fingerprint density at radius 1 is 1.21 bits per heavy atom. The van der Waals surface area contributed by atoms with Crippen molar-refractivity contribution in [3.63, 3.8) is 0 Å². The minimum atomic E-state index is -0.442. The zero-order chi connectivity index (χ0) is 20.8. The van der Waals surface area contributed by atoms with Crippen LogP contribution >= 0.6 is 11.3 Å². The van der Waals surface area contributed by atoms with Crippen LogP contribution in [0.3, 0.4) is 0 Å². The van der Waals surface area contributed by atoms with Crippen molar-refractivity contribution in [1.82, 2.24) is 4.98 Å². The molecule has 0 saturated heterocycles. The highest BCUT2D eigenvalue weighted by molar-refractivity contribution is 7.16. The molecule has 1 heterocycles. The van der Waals surface area contributed by atoms with Crippen LogP contribution in [0.1, 0.15) is 49.6 Å². The van der Waals surface area contributed by atoms with Crippen molar-refractivity contribution in [3.05, 3.63) is 40.7 Å². The van der Waals surface area contributed by atoms with Crippen LogP contribution in [0.5, 0.6) is 0 Å². The second-order valence-electron chi connectivity index (χ2n) is 7.26. The first-order chi connectivity index (χ1) is 13.9. The van der Waals surface area contributed by atoms with Crippen molar-refractivity contribution in [3.8, 4) is 0 Å². The SMILES string of the molecule is CC1C=Cc2nc(NC(=O)CCCCCC(=O)Nc3ccc(F)cc3N)sc2C1. The summed E-state index contributed by atoms with van der Waals surface area (Å²) in [6.07, 6.45) is 7.94. The van der Waals surface area contributed by atoms with Gasteiger partial charge in [-0.2, -0.15) is 0 Å². The van der Waals surface area contributed by atoms with Gasteiger partial charge in [-0.3, -0.25) is 9.59 Å². The Kier molecular flexibility index (Phi) is 6.98. The van der Waals surface area contributed by atoms with Crippen LogP contribution in [-0.2, 0) is 16.0 Å². The summed E-state index contributed by atoms with van der Waals surface area (Å²) in [6.45, 7) is 2.16. The molecule has 0 fully saturated rings. The number of nitrogens with two attached hydrogens (primary N) is 1. The summed E-state index contributed by atoms with van der Waals surface area (Å²) in [5.41, 5.74) is 7.24. The van der Waals surface area contributed by atoms with Crippen LogP contribution in [0.4, 0.5) is 20.9 Å². The number of nitrogen functional groups attached to an aromatic ring is 1. The highest BCUT2D eigenvalue weighted by Crippen LogP contribution is 2.30. The maximum atomic E-state index is 13.0. The minimum Gasteiger partial charge on any atom is -0.397 e. The molecule has 0 aliphatic heterocycles. The number of benzene rings is 1. The van der Waals surface area contributed by atoms with E-state index in [1.54, 1.807) is 0 Å². The van der Waals surface area contributed by atoms with E-state index in [4.69, 9.17) is 5.73 Å². The maximum Gasteiger partial charge on any atom is 0.226 e. The fourth-order valence-corrected chi connectivity index (χ4v) is 4.21. The molecule has 2 aromatic rings. The molecule has 1 aromatic carbocycles. The number of carbonyl (C=O) groups is 2. The fraction of sp³-hybridized carbons (Fsp3) is 0.381. The van der Waals surface area contributed by atoms with Crippen molar-refractivity contribution in [2.75, 3.05) is 16.4 Å². The van der Waals surface area contributed by atoms with E-state index in [1.807, 2.05) is 6.08 Å². The number of carbonyl (C=O) groups excluding carboxylic acids is 2. The number of thiazole rings is 1. The van der Waals surface area contributed by atoms with Gasteiger partial charge in [0.1, 0.15) is 5.82 Å². The van der Waals surface area contributed by atoms with E-state index in [0.717, 1.165) is 18.5 Å². The summed E-state index contributed by atoms with van der Waals surface area (Å²) in [4.78, 5) is 29.7. The van der Waals surface area contributed by atoms with Crippen LogP contribution in [0.25, 0.3) is 6.08 Å². The van der Waals surface area contributed by atoms with Gasteiger partial charge in [-0.05, 0) is 49.5 Å². The molecule has 4 N–H and O–H groups in total. The lowest BCUT2D eigenvalue weighted by Crippen LogP contribution is -2.13. The zero-order valence-electron chi connectivity index (χ0n) is 16.3. The van der Waals surface area contributed by atoms with Crippen LogP contribution in [0.15, 0.2) is 24.3 Å². The normalized spacial score (nSPS) is 15.0.